The molecule has 0 atom stereocenters. The van der Waals surface area contributed by atoms with Gasteiger partial charge in [0.1, 0.15) is 12.4 Å². The number of alkyl halides is 3. The molecule has 0 aromatic heterocycles. The second-order valence-electron chi connectivity index (χ2n) is 3.51. The molecule has 0 amide bonds. The lowest BCUT2D eigenvalue weighted by molar-refractivity contribution is -0.190. The molecule has 0 aliphatic carbocycles. The Morgan fingerprint density at radius 1 is 1.32 bits per heavy atom. The fourth-order valence-electron chi connectivity index (χ4n) is 1.19. The van der Waals surface area contributed by atoms with Gasteiger partial charge in [-0.15, -0.1) is 0 Å². The number of benzene rings is 1. The molecule has 106 valence electrons. The Labute approximate surface area is 107 Å². The average Bonchev–Trinajstić information content (AvgIpc) is 2.32. The molecular weight excluding hydrogens is 267 g/mol. The zero-order chi connectivity index (χ0) is 14.5. The van der Waals surface area contributed by atoms with E-state index >= 15 is 0 Å². The van der Waals surface area contributed by atoms with E-state index in [-0.39, 0.29) is 11.3 Å². The van der Waals surface area contributed by atoms with Crippen LogP contribution in [-0.4, -0.2) is 32.7 Å². The van der Waals surface area contributed by atoms with Crippen molar-refractivity contribution in [1.82, 2.24) is 0 Å². The van der Waals surface area contributed by atoms with E-state index in [1.54, 1.807) is 0 Å². The van der Waals surface area contributed by atoms with E-state index in [2.05, 4.69) is 9.47 Å². The number of rotatable bonds is 5. The van der Waals surface area contributed by atoms with Gasteiger partial charge in [-0.1, -0.05) is 0 Å². The molecule has 0 spiro atoms. The summed E-state index contributed by atoms with van der Waals surface area (Å²) < 4.78 is 48.8. The van der Waals surface area contributed by atoms with Crippen LogP contribution in [0.25, 0.3) is 0 Å². The number of methoxy groups -OCH3 is 1. The van der Waals surface area contributed by atoms with Crippen LogP contribution in [0.5, 0.6) is 5.75 Å². The molecule has 2 N–H and O–H groups in total. The summed E-state index contributed by atoms with van der Waals surface area (Å²) in [6, 6.07) is 4.15. The van der Waals surface area contributed by atoms with Crippen LogP contribution in [0.3, 0.4) is 0 Å². The van der Waals surface area contributed by atoms with Crippen molar-refractivity contribution < 1.29 is 32.2 Å². The molecule has 19 heavy (non-hydrogen) atoms. The highest BCUT2D eigenvalue weighted by Gasteiger charge is 2.27. The topological polar surface area (TPSA) is 70.8 Å². The number of halogens is 3. The Balaban J connectivity index is 2.52. The largest absolute Gasteiger partial charge is 0.497 e. The van der Waals surface area contributed by atoms with E-state index in [1.807, 2.05) is 0 Å². The zero-order valence-corrected chi connectivity index (χ0v) is 9.99. The van der Waals surface area contributed by atoms with E-state index in [0.717, 1.165) is 0 Å². The zero-order valence-electron chi connectivity index (χ0n) is 9.99. The molecule has 0 saturated heterocycles. The summed E-state index contributed by atoms with van der Waals surface area (Å²) >= 11 is 0. The lowest BCUT2D eigenvalue weighted by atomic mass is 10.2. The molecule has 1 rings (SSSR count). The van der Waals surface area contributed by atoms with Gasteiger partial charge in [-0.2, -0.15) is 13.2 Å². The third-order valence-electron chi connectivity index (χ3n) is 1.94. The molecule has 0 saturated carbocycles. The van der Waals surface area contributed by atoms with E-state index in [9.17, 15) is 18.0 Å². The number of nitrogens with two attached hydrogens (primary N) is 1. The van der Waals surface area contributed by atoms with E-state index < -0.39 is 25.5 Å². The predicted octanol–water partition coefficient (Wildman–Crippen LogP) is 1.97. The normalized spacial score (nSPS) is 11.2. The minimum atomic E-state index is -4.47. The number of esters is 1. The number of hydrogen-bond donors (Lipinski definition) is 1. The molecule has 0 fully saturated rings. The van der Waals surface area contributed by atoms with Crippen molar-refractivity contribution in [3.63, 3.8) is 0 Å². The molecule has 1 aromatic rings. The van der Waals surface area contributed by atoms with Crippen LogP contribution in [0.1, 0.15) is 10.4 Å². The highest BCUT2D eigenvalue weighted by Crippen LogP contribution is 2.19. The lowest BCUT2D eigenvalue weighted by Crippen LogP contribution is -2.19. The van der Waals surface area contributed by atoms with Crippen molar-refractivity contribution >= 4 is 11.7 Å². The smallest absolute Gasteiger partial charge is 0.411 e. The number of anilines is 1. The second-order valence-corrected chi connectivity index (χ2v) is 3.51. The Morgan fingerprint density at radius 2 is 2.00 bits per heavy atom. The molecule has 8 heteroatoms. The molecule has 0 bridgehead atoms. The number of carbonyl (C=O) groups excluding carboxylic acids is 1. The lowest BCUT2D eigenvalue weighted by Gasteiger charge is -2.09. The van der Waals surface area contributed by atoms with E-state index in [0.29, 0.717) is 5.75 Å². The van der Waals surface area contributed by atoms with Gasteiger partial charge in [-0.3, -0.25) is 0 Å². The van der Waals surface area contributed by atoms with E-state index in [4.69, 9.17) is 10.5 Å². The summed E-state index contributed by atoms with van der Waals surface area (Å²) in [5.41, 5.74) is 5.85. The van der Waals surface area contributed by atoms with Crippen LogP contribution in [-0.2, 0) is 9.47 Å². The summed E-state index contributed by atoms with van der Waals surface area (Å²) in [5.74, 6) is -0.518. The number of hydrogen-bond acceptors (Lipinski definition) is 5. The first-order valence-electron chi connectivity index (χ1n) is 5.08. The monoisotopic (exact) mass is 279 g/mol. The highest BCUT2D eigenvalue weighted by atomic mass is 19.4. The third-order valence-corrected chi connectivity index (χ3v) is 1.94. The van der Waals surface area contributed by atoms with Gasteiger partial charge in [0.15, 0.2) is 6.79 Å². The first-order chi connectivity index (χ1) is 8.81. The Hall–Kier alpha value is -1.96. The molecule has 1 aromatic carbocycles. The molecular formula is C11H12F3NO4. The SMILES string of the molecule is COc1cc(N)cc(C(=O)OCOCC(F)(F)F)c1. The van der Waals surface area contributed by atoms with Crippen LogP contribution in [0.15, 0.2) is 18.2 Å². The van der Waals surface area contributed by atoms with Gasteiger partial charge in [-0.25, -0.2) is 4.79 Å². The minimum absolute atomic E-state index is 0.0625. The van der Waals surface area contributed by atoms with Crippen molar-refractivity contribution in [3.8, 4) is 5.75 Å². The fraction of sp³-hybridized carbons (Fsp3) is 0.364. The first-order valence-corrected chi connectivity index (χ1v) is 5.08. The maximum absolute atomic E-state index is 11.8. The Bertz CT molecular complexity index is 448. The van der Waals surface area contributed by atoms with Crippen molar-refractivity contribution in [2.45, 2.75) is 6.18 Å². The van der Waals surface area contributed by atoms with Crippen LogP contribution in [0.4, 0.5) is 18.9 Å². The maximum Gasteiger partial charge on any atom is 0.411 e. The van der Waals surface area contributed by atoms with Crippen molar-refractivity contribution in [2.75, 3.05) is 26.2 Å². The minimum Gasteiger partial charge on any atom is -0.497 e. The highest BCUT2D eigenvalue weighted by molar-refractivity contribution is 5.91. The van der Waals surface area contributed by atoms with Gasteiger partial charge in [-0.05, 0) is 12.1 Å². The van der Waals surface area contributed by atoms with E-state index in [1.165, 1.54) is 25.3 Å². The quantitative estimate of drug-likeness (QED) is 0.386. The van der Waals surface area contributed by atoms with Gasteiger partial charge in [0.25, 0.3) is 0 Å². The average molecular weight is 279 g/mol. The van der Waals surface area contributed by atoms with Crippen molar-refractivity contribution in [3.05, 3.63) is 23.8 Å². The fourth-order valence-corrected chi connectivity index (χ4v) is 1.19. The van der Waals surface area contributed by atoms with Crippen LogP contribution in [0.2, 0.25) is 0 Å². The number of nitrogen functional groups attached to an aromatic ring is 1. The van der Waals surface area contributed by atoms with Gasteiger partial charge in [0.05, 0.1) is 12.7 Å². The summed E-state index contributed by atoms with van der Waals surface area (Å²) in [6.45, 7) is -2.28. The summed E-state index contributed by atoms with van der Waals surface area (Å²) in [4.78, 5) is 11.5. The maximum atomic E-state index is 11.8. The third kappa shape index (κ3) is 5.47. The summed E-state index contributed by atoms with van der Waals surface area (Å²) in [6.07, 6.45) is -4.47. The summed E-state index contributed by atoms with van der Waals surface area (Å²) in [7, 11) is 1.39. The summed E-state index contributed by atoms with van der Waals surface area (Å²) in [5, 5.41) is 0. The van der Waals surface area contributed by atoms with Crippen LogP contribution >= 0.6 is 0 Å². The first kappa shape index (κ1) is 15.1. The Morgan fingerprint density at radius 3 is 2.58 bits per heavy atom. The molecule has 5 nitrogen and oxygen atoms in total. The standard InChI is InChI=1S/C11H12F3NO4/c1-17-9-3-7(2-8(15)4-9)10(16)19-6-18-5-11(12,13)14/h2-4H,5-6,15H2,1H3. The number of ether oxygens (including phenoxy) is 3. The van der Waals surface area contributed by atoms with Gasteiger partial charge in [0.2, 0.25) is 0 Å². The predicted molar refractivity (Wildman–Crippen MR) is 59.7 cm³/mol. The molecule has 0 radical (unpaired) electrons. The Kier molecular flexibility index (Phi) is 4.99. The van der Waals surface area contributed by atoms with Crippen LogP contribution < -0.4 is 10.5 Å². The van der Waals surface area contributed by atoms with Gasteiger partial charge >= 0.3 is 12.1 Å². The van der Waals surface area contributed by atoms with Gasteiger partial charge < -0.3 is 19.9 Å². The van der Waals surface area contributed by atoms with Crippen molar-refractivity contribution in [1.29, 1.82) is 0 Å². The molecule has 0 aliphatic rings. The van der Waals surface area contributed by atoms with Crippen molar-refractivity contribution in [2.24, 2.45) is 0 Å². The van der Waals surface area contributed by atoms with Gasteiger partial charge in [0, 0.05) is 11.8 Å². The molecule has 0 aliphatic heterocycles. The van der Waals surface area contributed by atoms with Crippen LogP contribution in [0, 0.1) is 0 Å². The number of carbonyl (C=O) groups is 1. The molecule has 0 heterocycles. The molecule has 0 unspecified atom stereocenters. The second kappa shape index (κ2) is 6.28.